The average molecular weight is 843 g/mol. The van der Waals surface area contributed by atoms with E-state index >= 15 is 0 Å². The highest BCUT2D eigenvalue weighted by molar-refractivity contribution is 7.45. The van der Waals surface area contributed by atoms with Gasteiger partial charge in [-0.2, -0.15) is 0 Å². The van der Waals surface area contributed by atoms with Crippen molar-refractivity contribution in [3.05, 3.63) is 12.2 Å². The number of nitrogens with one attached hydrogen (secondary N) is 1. The second-order valence-corrected chi connectivity index (χ2v) is 19.9. The summed E-state index contributed by atoms with van der Waals surface area (Å²) in [4.78, 5) is 25.4. The van der Waals surface area contributed by atoms with Gasteiger partial charge in [0.15, 0.2) is 0 Å². The molecule has 8 nitrogen and oxygen atoms in total. The molecule has 0 aliphatic carbocycles. The molecular weight excluding hydrogens is 744 g/mol. The minimum atomic E-state index is -4.58. The number of carbonyl (C=O) groups excluding carboxylic acids is 1. The summed E-state index contributed by atoms with van der Waals surface area (Å²) in [7, 11) is 1.27. The van der Waals surface area contributed by atoms with Crippen LogP contribution in [-0.2, 0) is 18.4 Å². The van der Waals surface area contributed by atoms with Crippen LogP contribution in [-0.4, -0.2) is 68.5 Å². The Morgan fingerprint density at radius 2 is 0.931 bits per heavy atom. The first-order valence-electron chi connectivity index (χ1n) is 25.1. The van der Waals surface area contributed by atoms with Gasteiger partial charge < -0.3 is 28.8 Å². The molecule has 9 heteroatoms. The largest absolute Gasteiger partial charge is 0.756 e. The molecule has 0 aromatic heterocycles. The van der Waals surface area contributed by atoms with Crippen LogP contribution in [0.5, 0.6) is 0 Å². The number of rotatable bonds is 46. The minimum Gasteiger partial charge on any atom is -0.756 e. The van der Waals surface area contributed by atoms with Crippen LogP contribution in [0.15, 0.2) is 12.2 Å². The van der Waals surface area contributed by atoms with Crippen LogP contribution < -0.4 is 10.2 Å². The van der Waals surface area contributed by atoms with Crippen LogP contribution in [0.4, 0.5) is 0 Å². The van der Waals surface area contributed by atoms with E-state index in [2.05, 4.69) is 19.2 Å². The second kappa shape index (κ2) is 41.6. The molecular formula is C49H99N2O6P. The maximum Gasteiger partial charge on any atom is 0.268 e. The number of unbranched alkanes of at least 4 members (excludes halogenated alkanes) is 33. The molecule has 0 saturated heterocycles. The standard InChI is InChI=1S/C49H99N2O6P/c1-6-8-10-12-14-16-18-20-21-22-23-24-25-26-27-28-29-31-33-35-37-39-41-43-49(53)50-47(46-57-58(54,55)56-45-44-51(3,4)5)48(52)42-40-38-36-34-32-30-19-17-15-13-11-9-7-2/h40,42,47-48,52H,6-39,41,43-46H2,1-5H3,(H-,50,53,54,55). The number of amides is 1. The number of aliphatic hydroxyl groups excluding tert-OH is 1. The Hall–Kier alpha value is -0.760. The molecule has 0 heterocycles. The van der Waals surface area contributed by atoms with Crippen molar-refractivity contribution in [2.45, 2.75) is 257 Å². The summed E-state index contributed by atoms with van der Waals surface area (Å²) >= 11 is 0. The van der Waals surface area contributed by atoms with Crippen molar-refractivity contribution in [2.75, 3.05) is 40.9 Å². The molecule has 0 fully saturated rings. The fourth-order valence-corrected chi connectivity index (χ4v) is 8.23. The van der Waals surface area contributed by atoms with Gasteiger partial charge >= 0.3 is 0 Å². The van der Waals surface area contributed by atoms with Gasteiger partial charge in [0, 0.05) is 6.42 Å². The predicted molar refractivity (Wildman–Crippen MR) is 247 cm³/mol. The number of hydrogen-bond acceptors (Lipinski definition) is 6. The lowest BCUT2D eigenvalue weighted by Gasteiger charge is -2.29. The lowest BCUT2D eigenvalue weighted by Crippen LogP contribution is -2.45. The van der Waals surface area contributed by atoms with Crippen LogP contribution in [0.3, 0.4) is 0 Å². The first-order valence-corrected chi connectivity index (χ1v) is 26.5. The molecule has 0 aliphatic rings. The Labute approximate surface area is 361 Å². The summed E-state index contributed by atoms with van der Waals surface area (Å²) < 4.78 is 23.2. The summed E-state index contributed by atoms with van der Waals surface area (Å²) in [6.45, 7) is 4.67. The number of aliphatic hydroxyl groups is 1. The molecule has 3 unspecified atom stereocenters. The molecule has 0 saturated carbocycles. The van der Waals surface area contributed by atoms with Crippen molar-refractivity contribution in [2.24, 2.45) is 0 Å². The summed E-state index contributed by atoms with van der Waals surface area (Å²) in [6, 6.07) is -0.880. The number of phosphoric ester groups is 1. The number of nitrogens with zero attached hydrogens (tertiary/aromatic N) is 1. The van der Waals surface area contributed by atoms with Crippen molar-refractivity contribution in [1.29, 1.82) is 0 Å². The van der Waals surface area contributed by atoms with Gasteiger partial charge in [0.05, 0.1) is 39.9 Å². The smallest absolute Gasteiger partial charge is 0.268 e. The maximum atomic E-state index is 12.9. The maximum absolute atomic E-state index is 12.9. The number of phosphoric acid groups is 1. The van der Waals surface area contributed by atoms with Gasteiger partial charge in [-0.15, -0.1) is 0 Å². The van der Waals surface area contributed by atoms with Gasteiger partial charge in [-0.05, 0) is 19.3 Å². The van der Waals surface area contributed by atoms with Crippen LogP contribution in [0, 0.1) is 0 Å². The summed E-state index contributed by atoms with van der Waals surface area (Å²) in [5, 5.41) is 13.8. The third-order valence-electron chi connectivity index (χ3n) is 11.5. The monoisotopic (exact) mass is 843 g/mol. The number of quaternary nitrogens is 1. The molecule has 1 amide bonds. The highest BCUT2D eigenvalue weighted by Gasteiger charge is 2.23. The Kier molecular flexibility index (Phi) is 41.0. The first-order chi connectivity index (χ1) is 28.0. The number of likely N-dealkylation sites (N-methyl/N-ethyl adjacent to an activating group) is 1. The Morgan fingerprint density at radius 1 is 0.586 bits per heavy atom. The van der Waals surface area contributed by atoms with Crippen molar-refractivity contribution in [3.8, 4) is 0 Å². The van der Waals surface area contributed by atoms with Gasteiger partial charge in [0.25, 0.3) is 7.82 Å². The molecule has 0 aromatic rings. The van der Waals surface area contributed by atoms with Crippen LogP contribution in [0.25, 0.3) is 0 Å². The number of carbonyl (C=O) groups is 1. The van der Waals surface area contributed by atoms with Crippen molar-refractivity contribution in [1.82, 2.24) is 5.32 Å². The minimum absolute atomic E-state index is 0.00224. The highest BCUT2D eigenvalue weighted by atomic mass is 31.2. The third-order valence-corrected chi connectivity index (χ3v) is 12.5. The summed E-state index contributed by atoms with van der Waals surface area (Å²) in [6.07, 6.45) is 48.4. The second-order valence-electron chi connectivity index (χ2n) is 18.5. The average Bonchev–Trinajstić information content (AvgIpc) is 3.17. The Bertz CT molecular complexity index is 958. The lowest BCUT2D eigenvalue weighted by atomic mass is 10.0. The van der Waals surface area contributed by atoms with Crippen molar-refractivity contribution < 1.29 is 32.9 Å². The van der Waals surface area contributed by atoms with Gasteiger partial charge in [-0.25, -0.2) is 0 Å². The highest BCUT2D eigenvalue weighted by Crippen LogP contribution is 2.38. The zero-order valence-electron chi connectivity index (χ0n) is 39.3. The zero-order chi connectivity index (χ0) is 42.8. The molecule has 0 bridgehead atoms. The normalized spacial score (nSPS) is 14.3. The van der Waals surface area contributed by atoms with Crippen molar-refractivity contribution >= 4 is 13.7 Å². The summed E-state index contributed by atoms with van der Waals surface area (Å²) in [5.41, 5.74) is 0. The first kappa shape index (κ1) is 57.2. The number of hydrogen-bond donors (Lipinski definition) is 2. The van der Waals surface area contributed by atoms with E-state index in [1.807, 2.05) is 27.2 Å². The van der Waals surface area contributed by atoms with E-state index in [1.54, 1.807) is 6.08 Å². The number of allylic oxidation sites excluding steroid dienone is 1. The van der Waals surface area contributed by atoms with E-state index in [-0.39, 0.29) is 19.1 Å². The summed E-state index contributed by atoms with van der Waals surface area (Å²) in [5.74, 6) is -0.193. The third kappa shape index (κ3) is 43.3. The molecule has 346 valence electrons. The van der Waals surface area contributed by atoms with Gasteiger partial charge in [0.1, 0.15) is 13.2 Å². The van der Waals surface area contributed by atoms with Crippen LogP contribution >= 0.6 is 7.82 Å². The van der Waals surface area contributed by atoms with Crippen molar-refractivity contribution in [3.63, 3.8) is 0 Å². The van der Waals surface area contributed by atoms with Crippen LogP contribution in [0.1, 0.15) is 245 Å². The van der Waals surface area contributed by atoms with Gasteiger partial charge in [0.2, 0.25) is 5.91 Å². The van der Waals surface area contributed by atoms with E-state index in [0.717, 1.165) is 38.5 Å². The quantitative estimate of drug-likeness (QED) is 0.0273. The fourth-order valence-electron chi connectivity index (χ4n) is 7.51. The molecule has 0 spiro atoms. The van der Waals surface area contributed by atoms with E-state index < -0.39 is 20.0 Å². The van der Waals surface area contributed by atoms with E-state index in [1.165, 1.54) is 186 Å². The topological polar surface area (TPSA) is 108 Å². The fraction of sp³-hybridized carbons (Fsp3) is 0.939. The van der Waals surface area contributed by atoms with Gasteiger partial charge in [-0.1, -0.05) is 231 Å². The molecule has 2 N–H and O–H groups in total. The molecule has 0 aromatic carbocycles. The van der Waals surface area contributed by atoms with E-state index in [4.69, 9.17) is 9.05 Å². The molecule has 58 heavy (non-hydrogen) atoms. The Balaban J connectivity index is 4.20. The zero-order valence-corrected chi connectivity index (χ0v) is 40.2. The lowest BCUT2D eigenvalue weighted by molar-refractivity contribution is -0.870. The molecule has 0 radical (unpaired) electrons. The Morgan fingerprint density at radius 3 is 1.29 bits per heavy atom. The van der Waals surface area contributed by atoms with E-state index in [0.29, 0.717) is 17.4 Å². The van der Waals surface area contributed by atoms with Gasteiger partial charge in [-0.3, -0.25) is 9.36 Å². The molecule has 0 rings (SSSR count). The SMILES string of the molecule is CCCCCCCCCCCCCC=CC(O)C(COP(=O)([O-])OCC[N+](C)(C)C)NC(=O)CCCCCCCCCCCCCCCCCCCCCCCCC. The van der Waals surface area contributed by atoms with Crippen LogP contribution in [0.2, 0.25) is 0 Å². The molecule has 0 aliphatic heterocycles. The van der Waals surface area contributed by atoms with E-state index in [9.17, 15) is 19.4 Å². The predicted octanol–water partition coefficient (Wildman–Crippen LogP) is 13.7. The molecule has 3 atom stereocenters.